The Morgan fingerprint density at radius 2 is 1.42 bits per heavy atom. The molecular formula is C12H8F6O. The van der Waals surface area contributed by atoms with E-state index in [4.69, 9.17) is 0 Å². The molecule has 0 spiro atoms. The summed E-state index contributed by atoms with van der Waals surface area (Å²) in [6.07, 6.45) is -8.07. The Balaban J connectivity index is 3.45. The summed E-state index contributed by atoms with van der Waals surface area (Å²) in [5, 5.41) is 0. The lowest BCUT2D eigenvalue weighted by molar-refractivity contribution is -0.143. The van der Waals surface area contributed by atoms with Gasteiger partial charge in [0, 0.05) is 6.42 Å². The van der Waals surface area contributed by atoms with Gasteiger partial charge in [0.05, 0.1) is 11.1 Å². The van der Waals surface area contributed by atoms with E-state index in [1.165, 1.54) is 0 Å². The van der Waals surface area contributed by atoms with Crippen molar-refractivity contribution in [1.82, 2.24) is 0 Å². The lowest BCUT2D eigenvalue weighted by atomic mass is 9.99. The van der Waals surface area contributed by atoms with E-state index in [0.717, 1.165) is 6.08 Å². The van der Waals surface area contributed by atoms with Crippen LogP contribution in [0.1, 0.15) is 23.1 Å². The summed E-state index contributed by atoms with van der Waals surface area (Å²) in [7, 11) is 0. The number of hydrogen-bond acceptors (Lipinski definition) is 1. The van der Waals surface area contributed by atoms with Crippen LogP contribution in [0.2, 0.25) is 0 Å². The van der Waals surface area contributed by atoms with Crippen LogP contribution in [0.5, 0.6) is 0 Å². The van der Waals surface area contributed by atoms with Crippen LogP contribution < -0.4 is 0 Å². The molecule has 0 saturated carbocycles. The molecule has 1 rings (SSSR count). The first-order chi connectivity index (χ1) is 8.68. The number of alkyl halides is 6. The summed E-state index contributed by atoms with van der Waals surface area (Å²) in [5.74, 6) is 0. The SMILES string of the molecule is O=CCC=Cc1c(C(F)(F)F)cccc1C(F)(F)F. The zero-order valence-electron chi connectivity index (χ0n) is 9.35. The minimum atomic E-state index is -4.90. The molecule has 0 heterocycles. The van der Waals surface area contributed by atoms with E-state index in [-0.39, 0.29) is 6.42 Å². The number of halogens is 6. The molecule has 0 unspecified atom stereocenters. The molecule has 1 aromatic carbocycles. The van der Waals surface area contributed by atoms with Crippen LogP contribution in [0.25, 0.3) is 6.08 Å². The fourth-order valence-electron chi connectivity index (χ4n) is 1.48. The third-order valence-electron chi connectivity index (χ3n) is 2.23. The van der Waals surface area contributed by atoms with Gasteiger partial charge in [0.2, 0.25) is 0 Å². The van der Waals surface area contributed by atoms with Crippen LogP contribution in [0.15, 0.2) is 24.3 Å². The van der Waals surface area contributed by atoms with Crippen molar-refractivity contribution >= 4 is 12.4 Å². The van der Waals surface area contributed by atoms with Gasteiger partial charge in [-0.15, -0.1) is 0 Å². The summed E-state index contributed by atoms with van der Waals surface area (Å²) in [6, 6.07) is 1.83. The second-order valence-corrected chi connectivity index (χ2v) is 3.57. The third-order valence-corrected chi connectivity index (χ3v) is 2.23. The summed E-state index contributed by atoms with van der Waals surface area (Å²) in [4.78, 5) is 10.1. The van der Waals surface area contributed by atoms with Gasteiger partial charge in [0.1, 0.15) is 6.29 Å². The van der Waals surface area contributed by atoms with E-state index in [1.54, 1.807) is 0 Å². The highest BCUT2D eigenvalue weighted by molar-refractivity contribution is 5.63. The molecule has 0 atom stereocenters. The van der Waals surface area contributed by atoms with Gasteiger partial charge in [0.25, 0.3) is 0 Å². The molecule has 0 fully saturated rings. The largest absolute Gasteiger partial charge is 0.417 e. The zero-order chi connectivity index (χ0) is 14.7. The Bertz CT molecular complexity index is 452. The lowest BCUT2D eigenvalue weighted by Crippen LogP contribution is -2.14. The summed E-state index contributed by atoms with van der Waals surface area (Å²) >= 11 is 0. The first-order valence-corrected chi connectivity index (χ1v) is 5.05. The third kappa shape index (κ3) is 3.84. The number of rotatable bonds is 3. The van der Waals surface area contributed by atoms with Crippen molar-refractivity contribution in [2.45, 2.75) is 18.8 Å². The smallest absolute Gasteiger partial charge is 0.303 e. The van der Waals surface area contributed by atoms with Crippen molar-refractivity contribution in [2.75, 3.05) is 0 Å². The van der Waals surface area contributed by atoms with Gasteiger partial charge >= 0.3 is 12.4 Å². The van der Waals surface area contributed by atoms with Crippen molar-refractivity contribution in [1.29, 1.82) is 0 Å². The average Bonchev–Trinajstić information content (AvgIpc) is 2.26. The van der Waals surface area contributed by atoms with Gasteiger partial charge < -0.3 is 4.79 Å². The highest BCUT2D eigenvalue weighted by atomic mass is 19.4. The Morgan fingerprint density at radius 1 is 0.947 bits per heavy atom. The van der Waals surface area contributed by atoms with Gasteiger partial charge in [-0.2, -0.15) is 26.3 Å². The van der Waals surface area contributed by atoms with E-state index in [2.05, 4.69) is 0 Å². The molecule has 0 aliphatic carbocycles. The van der Waals surface area contributed by atoms with Gasteiger partial charge in [-0.25, -0.2) is 0 Å². The molecule has 0 amide bonds. The second-order valence-electron chi connectivity index (χ2n) is 3.57. The predicted octanol–water partition coefficient (Wildman–Crippen LogP) is 4.33. The highest BCUT2D eigenvalue weighted by Gasteiger charge is 2.39. The maximum Gasteiger partial charge on any atom is 0.417 e. The average molecular weight is 282 g/mol. The van der Waals surface area contributed by atoms with Crippen LogP contribution in [-0.4, -0.2) is 6.29 Å². The normalized spacial score (nSPS) is 12.9. The van der Waals surface area contributed by atoms with Crippen LogP contribution in [0, 0.1) is 0 Å². The van der Waals surface area contributed by atoms with Gasteiger partial charge in [-0.1, -0.05) is 18.2 Å². The molecule has 0 radical (unpaired) electrons. The fraction of sp³-hybridized carbons (Fsp3) is 0.250. The van der Waals surface area contributed by atoms with Crippen LogP contribution in [0.3, 0.4) is 0 Å². The van der Waals surface area contributed by atoms with Crippen LogP contribution >= 0.6 is 0 Å². The Kier molecular flexibility index (Phi) is 4.39. The number of benzene rings is 1. The number of carbonyl (C=O) groups is 1. The number of hydrogen-bond donors (Lipinski definition) is 0. The molecule has 1 nitrogen and oxygen atoms in total. The Hall–Kier alpha value is -1.79. The van der Waals surface area contributed by atoms with Crippen molar-refractivity contribution in [2.24, 2.45) is 0 Å². The molecule has 104 valence electrons. The molecule has 19 heavy (non-hydrogen) atoms. The van der Waals surface area contributed by atoms with Gasteiger partial charge in [-0.3, -0.25) is 0 Å². The van der Waals surface area contributed by atoms with Crippen molar-refractivity contribution in [3.8, 4) is 0 Å². The minimum Gasteiger partial charge on any atom is -0.303 e. The number of carbonyl (C=O) groups excluding carboxylic acids is 1. The van der Waals surface area contributed by atoms with Gasteiger partial charge in [0.15, 0.2) is 0 Å². The Labute approximate surface area is 104 Å². The van der Waals surface area contributed by atoms with Crippen molar-refractivity contribution < 1.29 is 31.1 Å². The van der Waals surface area contributed by atoms with E-state index in [0.29, 0.717) is 30.6 Å². The topological polar surface area (TPSA) is 17.1 Å². The lowest BCUT2D eigenvalue weighted by Gasteiger charge is -2.16. The molecule has 0 aliphatic heterocycles. The summed E-state index contributed by atoms with van der Waals surface area (Å²) in [5.41, 5.74) is -3.75. The molecular weight excluding hydrogens is 274 g/mol. The van der Waals surface area contributed by atoms with Crippen LogP contribution in [0.4, 0.5) is 26.3 Å². The molecule has 0 bridgehead atoms. The number of aldehydes is 1. The molecule has 7 heteroatoms. The first kappa shape index (κ1) is 15.3. The van der Waals surface area contributed by atoms with Crippen molar-refractivity contribution in [3.05, 3.63) is 41.0 Å². The van der Waals surface area contributed by atoms with E-state index < -0.39 is 29.0 Å². The van der Waals surface area contributed by atoms with E-state index in [1.807, 2.05) is 0 Å². The summed E-state index contributed by atoms with van der Waals surface area (Å²) in [6.45, 7) is 0. The molecule has 0 aromatic heterocycles. The van der Waals surface area contributed by atoms with Gasteiger partial charge in [-0.05, 0) is 17.7 Å². The minimum absolute atomic E-state index is 0.260. The first-order valence-electron chi connectivity index (χ1n) is 5.05. The quantitative estimate of drug-likeness (QED) is 0.596. The van der Waals surface area contributed by atoms with Crippen LogP contribution in [-0.2, 0) is 17.1 Å². The monoisotopic (exact) mass is 282 g/mol. The van der Waals surface area contributed by atoms with E-state index >= 15 is 0 Å². The predicted molar refractivity (Wildman–Crippen MR) is 56.2 cm³/mol. The number of allylic oxidation sites excluding steroid dienone is 1. The standard InChI is InChI=1S/C12H8F6O/c13-11(14,15)9-5-3-6-10(12(16,17)18)8(9)4-1-2-7-19/h1,3-7H,2H2. The summed E-state index contributed by atoms with van der Waals surface area (Å²) < 4.78 is 75.9. The fourth-order valence-corrected chi connectivity index (χ4v) is 1.48. The molecule has 0 N–H and O–H groups in total. The molecule has 0 saturated heterocycles. The molecule has 1 aromatic rings. The second kappa shape index (κ2) is 5.46. The molecule has 0 aliphatic rings. The van der Waals surface area contributed by atoms with E-state index in [9.17, 15) is 31.1 Å². The Morgan fingerprint density at radius 3 is 1.79 bits per heavy atom. The maximum atomic E-state index is 12.7. The maximum absolute atomic E-state index is 12.7. The zero-order valence-corrected chi connectivity index (χ0v) is 9.35. The van der Waals surface area contributed by atoms with Crippen molar-refractivity contribution in [3.63, 3.8) is 0 Å². The highest BCUT2D eigenvalue weighted by Crippen LogP contribution is 2.39.